The van der Waals surface area contributed by atoms with Gasteiger partial charge in [0.05, 0.1) is 0 Å². The molecule has 0 aliphatic carbocycles. The van der Waals surface area contributed by atoms with Crippen molar-refractivity contribution in [2.24, 2.45) is 0 Å². The maximum atomic E-state index is 10.0. The van der Waals surface area contributed by atoms with Gasteiger partial charge in [0.1, 0.15) is 0 Å². The molecule has 0 aromatic carbocycles. The molecule has 0 saturated heterocycles. The SMILES string of the molecule is O=C(O)n1cccc1.[CaH2]. The van der Waals surface area contributed by atoms with Crippen molar-refractivity contribution in [3.05, 3.63) is 24.5 Å². The summed E-state index contributed by atoms with van der Waals surface area (Å²) in [6, 6.07) is 3.32. The fourth-order valence-electron chi connectivity index (χ4n) is 0.462. The van der Waals surface area contributed by atoms with Crippen molar-refractivity contribution in [3.8, 4) is 0 Å². The van der Waals surface area contributed by atoms with Gasteiger partial charge in [0.15, 0.2) is 0 Å². The molecule has 0 unspecified atom stereocenters. The van der Waals surface area contributed by atoms with E-state index in [1.807, 2.05) is 0 Å². The van der Waals surface area contributed by atoms with E-state index in [0.29, 0.717) is 0 Å². The van der Waals surface area contributed by atoms with Crippen LogP contribution in [0, 0.1) is 0 Å². The molecule has 0 amide bonds. The predicted molar refractivity (Wildman–Crippen MR) is 36.4 cm³/mol. The van der Waals surface area contributed by atoms with Gasteiger partial charge in [-0.25, -0.2) is 4.79 Å². The van der Waals surface area contributed by atoms with Crippen molar-refractivity contribution in [1.29, 1.82) is 0 Å². The third-order valence-electron chi connectivity index (χ3n) is 0.825. The standard InChI is InChI=1S/C5H5NO2.Ca.2H/c7-5(8)6-3-1-2-4-6;;;/h1-4H,(H,7,8);;;. The Morgan fingerprint density at radius 3 is 2.00 bits per heavy atom. The zero-order valence-corrected chi connectivity index (χ0v) is 4.11. The van der Waals surface area contributed by atoms with Crippen molar-refractivity contribution < 1.29 is 9.90 Å². The molecule has 0 radical (unpaired) electrons. The Balaban J connectivity index is 0.000000640. The fraction of sp³-hybridized carbons (Fsp3) is 0. The van der Waals surface area contributed by atoms with Crippen LogP contribution in [-0.4, -0.2) is 53.5 Å². The minimum atomic E-state index is -0.949. The van der Waals surface area contributed by atoms with Gasteiger partial charge in [0, 0.05) is 12.4 Å². The van der Waals surface area contributed by atoms with E-state index in [4.69, 9.17) is 5.11 Å². The van der Waals surface area contributed by atoms with Crippen LogP contribution in [0.5, 0.6) is 0 Å². The van der Waals surface area contributed by atoms with Gasteiger partial charge in [-0.3, -0.25) is 4.57 Å². The zero-order chi connectivity index (χ0) is 5.98. The molecule has 9 heavy (non-hydrogen) atoms. The van der Waals surface area contributed by atoms with Crippen molar-refractivity contribution in [2.45, 2.75) is 0 Å². The van der Waals surface area contributed by atoms with Crippen LogP contribution in [-0.2, 0) is 0 Å². The number of hydrogen-bond donors (Lipinski definition) is 1. The van der Waals surface area contributed by atoms with Crippen LogP contribution in [0.4, 0.5) is 4.79 Å². The molecule has 0 saturated carbocycles. The topological polar surface area (TPSA) is 42.2 Å². The third kappa shape index (κ3) is 2.39. The van der Waals surface area contributed by atoms with Crippen molar-refractivity contribution in [3.63, 3.8) is 0 Å². The van der Waals surface area contributed by atoms with Crippen LogP contribution in [0.15, 0.2) is 24.5 Å². The average Bonchev–Trinajstić information content (AvgIpc) is 2.12. The summed E-state index contributed by atoms with van der Waals surface area (Å²) in [5, 5.41) is 8.24. The van der Waals surface area contributed by atoms with Gasteiger partial charge in [-0.2, -0.15) is 0 Å². The van der Waals surface area contributed by atoms with Crippen LogP contribution >= 0.6 is 0 Å². The first kappa shape index (κ1) is 9.01. The first-order chi connectivity index (χ1) is 3.80. The van der Waals surface area contributed by atoms with Crippen LogP contribution in [0.3, 0.4) is 0 Å². The molecule has 1 heterocycles. The van der Waals surface area contributed by atoms with E-state index in [0.717, 1.165) is 4.57 Å². The number of carboxylic acid groups (broad SMARTS) is 1. The molecule has 3 nitrogen and oxygen atoms in total. The molecule has 1 aromatic rings. The average molecular weight is 153 g/mol. The molecule has 46 valence electrons. The van der Waals surface area contributed by atoms with Gasteiger partial charge in [0.2, 0.25) is 0 Å². The Kier molecular flexibility index (Phi) is 3.93. The van der Waals surface area contributed by atoms with Crippen LogP contribution in [0.2, 0.25) is 0 Å². The number of rotatable bonds is 0. The summed E-state index contributed by atoms with van der Waals surface area (Å²) in [6.07, 6.45) is 2.00. The maximum absolute atomic E-state index is 10.0. The summed E-state index contributed by atoms with van der Waals surface area (Å²) >= 11 is 0. The molecule has 1 aromatic heterocycles. The molecule has 0 atom stereocenters. The summed E-state index contributed by atoms with van der Waals surface area (Å²) in [5.74, 6) is 0. The van der Waals surface area contributed by atoms with Crippen LogP contribution in [0.1, 0.15) is 0 Å². The fourth-order valence-corrected chi connectivity index (χ4v) is 0.462. The second-order valence-corrected chi connectivity index (χ2v) is 1.37. The molecule has 1 N–H and O–H groups in total. The number of hydrogen-bond acceptors (Lipinski definition) is 1. The van der Waals surface area contributed by atoms with E-state index in [9.17, 15) is 4.79 Å². The van der Waals surface area contributed by atoms with E-state index in [1.165, 1.54) is 12.4 Å². The summed E-state index contributed by atoms with van der Waals surface area (Å²) < 4.78 is 1.08. The Bertz CT molecular complexity index is 183. The van der Waals surface area contributed by atoms with Crippen molar-refractivity contribution in [2.75, 3.05) is 0 Å². The molecular weight excluding hydrogens is 146 g/mol. The zero-order valence-electron chi connectivity index (χ0n) is 4.11. The van der Waals surface area contributed by atoms with E-state index in [1.54, 1.807) is 12.1 Å². The molecular formula is C5H7CaNO2. The van der Waals surface area contributed by atoms with Gasteiger partial charge in [-0.15, -0.1) is 0 Å². The third-order valence-corrected chi connectivity index (χ3v) is 0.825. The first-order valence-electron chi connectivity index (χ1n) is 2.17. The number of carbonyl (C=O) groups is 1. The van der Waals surface area contributed by atoms with Gasteiger partial charge in [-0.1, -0.05) is 0 Å². The summed E-state index contributed by atoms with van der Waals surface area (Å²) in [4.78, 5) is 10.0. The van der Waals surface area contributed by atoms with E-state index >= 15 is 0 Å². The van der Waals surface area contributed by atoms with Crippen molar-refractivity contribution >= 4 is 43.8 Å². The summed E-state index contributed by atoms with van der Waals surface area (Å²) in [6.45, 7) is 0. The first-order valence-corrected chi connectivity index (χ1v) is 2.17. The monoisotopic (exact) mass is 153 g/mol. The summed E-state index contributed by atoms with van der Waals surface area (Å²) in [5.41, 5.74) is 0. The Morgan fingerprint density at radius 1 is 1.33 bits per heavy atom. The van der Waals surface area contributed by atoms with Gasteiger partial charge >= 0.3 is 43.8 Å². The molecule has 0 spiro atoms. The molecule has 1 rings (SSSR count). The second kappa shape index (κ2) is 3.93. The number of aromatic nitrogens is 1. The predicted octanol–water partition coefficient (Wildman–Crippen LogP) is 0.0980. The quantitative estimate of drug-likeness (QED) is 0.537. The normalized spacial score (nSPS) is 8.00. The van der Waals surface area contributed by atoms with Gasteiger partial charge in [-0.05, 0) is 12.1 Å². The minimum absolute atomic E-state index is 0. The van der Waals surface area contributed by atoms with Gasteiger partial charge < -0.3 is 5.11 Å². The molecule has 0 fully saturated rings. The summed E-state index contributed by atoms with van der Waals surface area (Å²) in [7, 11) is 0. The van der Waals surface area contributed by atoms with Crippen LogP contribution in [0.25, 0.3) is 0 Å². The van der Waals surface area contributed by atoms with Crippen LogP contribution < -0.4 is 0 Å². The molecule has 0 bridgehead atoms. The van der Waals surface area contributed by atoms with Crippen molar-refractivity contribution in [1.82, 2.24) is 4.57 Å². The Morgan fingerprint density at radius 2 is 1.78 bits per heavy atom. The van der Waals surface area contributed by atoms with E-state index < -0.39 is 6.09 Å². The molecule has 0 aliphatic heterocycles. The Hall–Kier alpha value is 0.00974. The number of nitrogens with zero attached hydrogens (tertiary/aromatic N) is 1. The Labute approximate surface area is 82.3 Å². The molecule has 0 aliphatic rings. The van der Waals surface area contributed by atoms with E-state index in [2.05, 4.69) is 0 Å². The molecule has 4 heteroatoms. The van der Waals surface area contributed by atoms with Gasteiger partial charge in [0.25, 0.3) is 0 Å². The second-order valence-electron chi connectivity index (χ2n) is 1.37. The van der Waals surface area contributed by atoms with E-state index in [-0.39, 0.29) is 37.7 Å².